The van der Waals surface area contributed by atoms with Gasteiger partial charge in [0.2, 0.25) is 6.10 Å². The van der Waals surface area contributed by atoms with Crippen LogP contribution in [-0.4, -0.2) is 31.4 Å². The Hall–Kier alpha value is -3.55. The highest BCUT2D eigenvalue weighted by Gasteiger charge is 2.26. The Bertz CT molecular complexity index is 1200. The van der Waals surface area contributed by atoms with Crippen molar-refractivity contribution in [3.63, 3.8) is 0 Å². The molecule has 0 radical (unpaired) electrons. The van der Waals surface area contributed by atoms with Crippen LogP contribution in [0.5, 0.6) is 5.75 Å². The van der Waals surface area contributed by atoms with E-state index in [1.54, 1.807) is 42.5 Å². The monoisotopic (exact) mass is 500 g/mol. The van der Waals surface area contributed by atoms with E-state index < -0.39 is 30.4 Å². The third-order valence-corrected chi connectivity index (χ3v) is 5.32. The summed E-state index contributed by atoms with van der Waals surface area (Å²) < 4.78 is 10.8. The van der Waals surface area contributed by atoms with Crippen LogP contribution < -0.4 is 15.4 Å². The molecule has 2 amide bonds. The van der Waals surface area contributed by atoms with Crippen molar-refractivity contribution in [3.8, 4) is 5.75 Å². The van der Waals surface area contributed by atoms with Crippen LogP contribution in [0.1, 0.15) is 27.6 Å². The van der Waals surface area contributed by atoms with Gasteiger partial charge in [0.05, 0.1) is 23.4 Å². The smallest absolute Gasteiger partial charge is 0.326 e. The van der Waals surface area contributed by atoms with Crippen molar-refractivity contribution >= 4 is 46.7 Å². The fraction of sp³-hybridized carbons (Fsp3) is 0.160. The van der Waals surface area contributed by atoms with E-state index in [0.717, 1.165) is 5.56 Å². The Labute approximate surface area is 207 Å². The second kappa shape index (κ2) is 11.5. The first-order valence-corrected chi connectivity index (χ1v) is 11.0. The molecule has 0 unspecified atom stereocenters. The second-order valence-electron chi connectivity index (χ2n) is 7.28. The van der Waals surface area contributed by atoms with Gasteiger partial charge in [0.15, 0.2) is 0 Å². The summed E-state index contributed by atoms with van der Waals surface area (Å²) in [5.41, 5.74) is 1.97. The molecule has 0 aliphatic carbocycles. The summed E-state index contributed by atoms with van der Waals surface area (Å²) in [7, 11) is 1.49. The lowest BCUT2D eigenvalue weighted by molar-refractivity contribution is -0.153. The molecule has 3 aromatic rings. The second-order valence-corrected chi connectivity index (χ2v) is 8.12. The molecule has 34 heavy (non-hydrogen) atoms. The van der Waals surface area contributed by atoms with Gasteiger partial charge in [-0.15, -0.1) is 0 Å². The number of amides is 2. The van der Waals surface area contributed by atoms with E-state index in [4.69, 9.17) is 32.7 Å². The number of nitrogens with one attached hydrogen (secondary N) is 2. The van der Waals surface area contributed by atoms with Gasteiger partial charge < -0.3 is 20.1 Å². The third kappa shape index (κ3) is 6.50. The SMILES string of the molecule is COc1ccc(C)cc1NC(=O)[C@H](OC(=O)CNC(=O)c1ccc(Cl)cc1Cl)c1ccccc1. The number of esters is 1. The van der Waals surface area contributed by atoms with Gasteiger partial charge in [0.1, 0.15) is 12.3 Å². The zero-order valence-corrected chi connectivity index (χ0v) is 19.9. The van der Waals surface area contributed by atoms with Gasteiger partial charge in [-0.05, 0) is 42.8 Å². The van der Waals surface area contributed by atoms with Crippen molar-refractivity contribution in [3.05, 3.63) is 93.5 Å². The van der Waals surface area contributed by atoms with Crippen molar-refractivity contribution in [1.29, 1.82) is 0 Å². The number of carbonyl (C=O) groups is 3. The average molecular weight is 501 g/mol. The van der Waals surface area contributed by atoms with Gasteiger partial charge in [0.25, 0.3) is 11.8 Å². The van der Waals surface area contributed by atoms with Crippen LogP contribution in [-0.2, 0) is 14.3 Å². The summed E-state index contributed by atoms with van der Waals surface area (Å²) in [5, 5.41) is 5.71. The molecular formula is C25H22Cl2N2O5. The van der Waals surface area contributed by atoms with E-state index in [1.165, 1.54) is 25.3 Å². The van der Waals surface area contributed by atoms with Crippen molar-refractivity contribution in [2.45, 2.75) is 13.0 Å². The fourth-order valence-electron chi connectivity index (χ4n) is 3.11. The van der Waals surface area contributed by atoms with E-state index in [9.17, 15) is 14.4 Å². The number of benzene rings is 3. The van der Waals surface area contributed by atoms with Crippen LogP contribution >= 0.6 is 23.2 Å². The lowest BCUT2D eigenvalue weighted by Crippen LogP contribution is -2.33. The van der Waals surface area contributed by atoms with Crippen LogP contribution in [0.4, 0.5) is 5.69 Å². The molecule has 0 heterocycles. The number of methoxy groups -OCH3 is 1. The molecule has 7 nitrogen and oxygen atoms in total. The molecule has 1 atom stereocenters. The highest BCUT2D eigenvalue weighted by Crippen LogP contribution is 2.28. The van der Waals surface area contributed by atoms with Gasteiger partial charge in [-0.2, -0.15) is 0 Å². The number of halogens is 2. The van der Waals surface area contributed by atoms with E-state index in [2.05, 4.69) is 10.6 Å². The minimum Gasteiger partial charge on any atom is -0.495 e. The highest BCUT2D eigenvalue weighted by molar-refractivity contribution is 6.36. The van der Waals surface area contributed by atoms with Gasteiger partial charge in [-0.25, -0.2) is 0 Å². The van der Waals surface area contributed by atoms with E-state index in [0.29, 0.717) is 22.0 Å². The van der Waals surface area contributed by atoms with Crippen molar-refractivity contribution in [2.75, 3.05) is 19.0 Å². The van der Waals surface area contributed by atoms with Gasteiger partial charge in [0, 0.05) is 10.6 Å². The molecule has 0 aliphatic heterocycles. The van der Waals surface area contributed by atoms with E-state index in [-0.39, 0.29) is 10.6 Å². The molecule has 9 heteroatoms. The topological polar surface area (TPSA) is 93.7 Å². The molecule has 3 rings (SSSR count). The maximum Gasteiger partial charge on any atom is 0.326 e. The van der Waals surface area contributed by atoms with Crippen LogP contribution in [0.3, 0.4) is 0 Å². The summed E-state index contributed by atoms with van der Waals surface area (Å²) in [4.78, 5) is 38.0. The largest absolute Gasteiger partial charge is 0.495 e. The van der Waals surface area contributed by atoms with Gasteiger partial charge in [-0.1, -0.05) is 59.6 Å². The average Bonchev–Trinajstić information content (AvgIpc) is 2.81. The first kappa shape index (κ1) is 25.1. The fourth-order valence-corrected chi connectivity index (χ4v) is 3.61. The maximum absolute atomic E-state index is 13.1. The van der Waals surface area contributed by atoms with Crippen molar-refractivity contribution in [2.24, 2.45) is 0 Å². The first-order valence-electron chi connectivity index (χ1n) is 10.2. The van der Waals surface area contributed by atoms with Crippen LogP contribution in [0.2, 0.25) is 10.0 Å². The number of aryl methyl sites for hydroxylation is 1. The predicted molar refractivity (Wildman–Crippen MR) is 130 cm³/mol. The summed E-state index contributed by atoms with van der Waals surface area (Å²) in [5.74, 6) is -1.50. The zero-order valence-electron chi connectivity index (χ0n) is 18.4. The van der Waals surface area contributed by atoms with Crippen LogP contribution in [0.15, 0.2) is 66.7 Å². The standard InChI is InChI=1S/C25H22Cl2N2O5/c1-15-8-11-21(33-2)20(12-15)29-25(32)23(16-6-4-3-5-7-16)34-22(30)14-28-24(31)18-10-9-17(26)13-19(18)27/h3-13,23H,14H2,1-2H3,(H,28,31)(H,29,32)/t23-/m1/s1. The lowest BCUT2D eigenvalue weighted by atomic mass is 10.1. The molecule has 0 saturated carbocycles. The quantitative estimate of drug-likeness (QED) is 0.426. The third-order valence-electron chi connectivity index (χ3n) is 4.77. The molecule has 0 bridgehead atoms. The maximum atomic E-state index is 13.1. The summed E-state index contributed by atoms with van der Waals surface area (Å²) in [6.45, 7) is 1.40. The Balaban J connectivity index is 1.72. The van der Waals surface area contributed by atoms with Crippen molar-refractivity contribution in [1.82, 2.24) is 5.32 Å². The Morgan fingerprint density at radius 3 is 2.38 bits per heavy atom. The van der Waals surface area contributed by atoms with Crippen molar-refractivity contribution < 1.29 is 23.9 Å². The van der Waals surface area contributed by atoms with Crippen LogP contribution in [0, 0.1) is 6.92 Å². The van der Waals surface area contributed by atoms with E-state index >= 15 is 0 Å². The number of hydrogen-bond acceptors (Lipinski definition) is 5. The van der Waals surface area contributed by atoms with Gasteiger partial charge >= 0.3 is 5.97 Å². The molecular weight excluding hydrogens is 479 g/mol. The Morgan fingerprint density at radius 2 is 1.71 bits per heavy atom. The molecule has 0 aliphatic rings. The lowest BCUT2D eigenvalue weighted by Gasteiger charge is -2.19. The molecule has 0 fully saturated rings. The Kier molecular flexibility index (Phi) is 8.51. The Morgan fingerprint density at radius 1 is 0.971 bits per heavy atom. The number of rotatable bonds is 8. The number of ether oxygens (including phenoxy) is 2. The molecule has 0 aromatic heterocycles. The first-order chi connectivity index (χ1) is 16.3. The summed E-state index contributed by atoms with van der Waals surface area (Å²) in [6.07, 6.45) is -1.25. The molecule has 2 N–H and O–H groups in total. The molecule has 0 spiro atoms. The normalized spacial score (nSPS) is 11.3. The minimum atomic E-state index is -1.25. The number of anilines is 1. The number of hydrogen-bond donors (Lipinski definition) is 2. The summed E-state index contributed by atoms with van der Waals surface area (Å²) in [6, 6.07) is 18.2. The van der Waals surface area contributed by atoms with E-state index in [1.807, 2.05) is 13.0 Å². The van der Waals surface area contributed by atoms with Gasteiger partial charge in [-0.3, -0.25) is 14.4 Å². The highest BCUT2D eigenvalue weighted by atomic mass is 35.5. The molecule has 0 saturated heterocycles. The van der Waals surface area contributed by atoms with Crippen LogP contribution in [0.25, 0.3) is 0 Å². The predicted octanol–water partition coefficient (Wildman–Crippen LogP) is 4.96. The molecule has 3 aromatic carbocycles. The summed E-state index contributed by atoms with van der Waals surface area (Å²) >= 11 is 11.9. The molecule has 176 valence electrons. The number of carbonyl (C=O) groups excluding carboxylic acids is 3. The minimum absolute atomic E-state index is 0.145. The zero-order chi connectivity index (χ0) is 24.7.